The summed E-state index contributed by atoms with van der Waals surface area (Å²) >= 11 is 0. The second-order valence-corrected chi connectivity index (χ2v) is 11.4. The van der Waals surface area contributed by atoms with Crippen molar-refractivity contribution in [2.45, 2.75) is 44.8 Å². The second-order valence-electron chi connectivity index (χ2n) is 11.4. The zero-order valence-electron chi connectivity index (χ0n) is 26.0. The third kappa shape index (κ3) is 8.98. The zero-order chi connectivity index (χ0) is 35.0. The number of carbonyl (C=O) groups excluding carboxylic acids is 5. The average Bonchev–Trinajstić information content (AvgIpc) is 3.10. The van der Waals surface area contributed by atoms with E-state index in [1.807, 2.05) is 36.4 Å². The van der Waals surface area contributed by atoms with Gasteiger partial charge in [0.15, 0.2) is 0 Å². The van der Waals surface area contributed by atoms with E-state index in [4.69, 9.17) is 9.47 Å². The molecule has 1 N–H and O–H groups in total. The van der Waals surface area contributed by atoms with Crippen molar-refractivity contribution in [3.8, 4) is 0 Å². The summed E-state index contributed by atoms with van der Waals surface area (Å²) in [5, 5.41) is 1.78. The molecule has 1 fully saturated rings. The van der Waals surface area contributed by atoms with E-state index in [1.165, 1.54) is 30.3 Å². The monoisotopic (exact) mass is 672 g/mol. The van der Waals surface area contributed by atoms with Crippen molar-refractivity contribution in [3.05, 3.63) is 143 Å². The molecule has 0 saturated carbocycles. The van der Waals surface area contributed by atoms with Crippen molar-refractivity contribution < 1.29 is 46.6 Å². The van der Waals surface area contributed by atoms with Gasteiger partial charge in [-0.15, -0.1) is 0 Å². The SMILES string of the molecule is O=C(OCc1ccccc1)c1cccc(CC(=O)N2C(=O)[C@H](Cc3ccccc3)[C@@H]2C(=O)OCc2ccc(CNC(=O)C(F)(F)F)cc2)c1. The highest BCUT2D eigenvalue weighted by molar-refractivity contribution is 6.08. The maximum atomic E-state index is 13.5. The van der Waals surface area contributed by atoms with Gasteiger partial charge in [0.1, 0.15) is 19.3 Å². The number of rotatable bonds is 12. The van der Waals surface area contributed by atoms with Gasteiger partial charge in [-0.05, 0) is 46.4 Å². The van der Waals surface area contributed by atoms with Gasteiger partial charge < -0.3 is 14.8 Å². The lowest BCUT2D eigenvalue weighted by Gasteiger charge is -2.44. The molecular formula is C37H31F3N2O7. The molecule has 0 bridgehead atoms. The first-order chi connectivity index (χ1) is 23.5. The van der Waals surface area contributed by atoms with Crippen LogP contribution in [0.4, 0.5) is 13.2 Å². The molecule has 1 saturated heterocycles. The van der Waals surface area contributed by atoms with Crippen molar-refractivity contribution >= 4 is 29.7 Å². The van der Waals surface area contributed by atoms with Gasteiger partial charge in [-0.25, -0.2) is 9.59 Å². The summed E-state index contributed by atoms with van der Waals surface area (Å²) in [6, 6.07) is 29.3. The molecule has 4 aromatic carbocycles. The lowest BCUT2D eigenvalue weighted by Crippen LogP contribution is -2.67. The molecule has 0 unspecified atom stereocenters. The molecule has 12 heteroatoms. The number of ether oxygens (including phenoxy) is 2. The predicted octanol–water partition coefficient (Wildman–Crippen LogP) is 5.10. The van der Waals surface area contributed by atoms with E-state index in [9.17, 15) is 37.1 Å². The minimum Gasteiger partial charge on any atom is -0.459 e. The van der Waals surface area contributed by atoms with Crippen LogP contribution >= 0.6 is 0 Å². The lowest BCUT2D eigenvalue weighted by molar-refractivity contribution is -0.180. The zero-order valence-corrected chi connectivity index (χ0v) is 26.0. The number of esters is 2. The molecule has 0 spiro atoms. The number of amides is 3. The molecule has 252 valence electrons. The standard InChI is InChI=1S/C37H31F3N2O7/c38-37(39,40)36(47)41-21-25-14-16-27(17-15-25)23-49-35(46)32-30(19-24-8-3-1-4-9-24)33(44)42(32)31(43)20-28-12-7-13-29(18-28)34(45)48-22-26-10-5-2-6-11-26/h1-18,30,32H,19-23H2,(H,41,47)/t30-,32-/m1/s1. The van der Waals surface area contributed by atoms with Crippen LogP contribution in [0, 0.1) is 5.92 Å². The van der Waals surface area contributed by atoms with Gasteiger partial charge in [0.25, 0.3) is 0 Å². The van der Waals surface area contributed by atoms with Crippen LogP contribution in [-0.4, -0.2) is 46.8 Å². The molecule has 1 heterocycles. The first kappa shape index (κ1) is 34.6. The average molecular weight is 673 g/mol. The molecule has 9 nitrogen and oxygen atoms in total. The van der Waals surface area contributed by atoms with Gasteiger partial charge in [-0.3, -0.25) is 19.3 Å². The topological polar surface area (TPSA) is 119 Å². The Kier molecular flexibility index (Phi) is 10.9. The van der Waals surface area contributed by atoms with Crippen LogP contribution in [0.3, 0.4) is 0 Å². The predicted molar refractivity (Wildman–Crippen MR) is 169 cm³/mol. The second kappa shape index (κ2) is 15.4. The Balaban J connectivity index is 1.23. The molecule has 1 aliphatic heterocycles. The van der Waals surface area contributed by atoms with Gasteiger partial charge in [-0.1, -0.05) is 97.1 Å². The van der Waals surface area contributed by atoms with Crippen LogP contribution < -0.4 is 5.32 Å². The number of likely N-dealkylation sites (tertiary alicyclic amines) is 1. The Morgan fingerprint density at radius 2 is 1.27 bits per heavy atom. The molecule has 5 rings (SSSR count). The Labute approximate surface area is 279 Å². The van der Waals surface area contributed by atoms with Crippen LogP contribution in [0.15, 0.2) is 109 Å². The molecule has 1 aliphatic rings. The molecule has 2 atom stereocenters. The summed E-state index contributed by atoms with van der Waals surface area (Å²) in [5.41, 5.74) is 3.16. The minimum atomic E-state index is -4.99. The Bertz CT molecular complexity index is 1810. The fourth-order valence-electron chi connectivity index (χ4n) is 5.31. The van der Waals surface area contributed by atoms with E-state index >= 15 is 0 Å². The summed E-state index contributed by atoms with van der Waals surface area (Å²) in [5.74, 6) is -5.46. The minimum absolute atomic E-state index is 0.0715. The van der Waals surface area contributed by atoms with Crippen LogP contribution in [-0.2, 0) is 61.3 Å². The molecule has 4 aromatic rings. The van der Waals surface area contributed by atoms with Crippen molar-refractivity contribution in [3.63, 3.8) is 0 Å². The number of benzene rings is 4. The smallest absolute Gasteiger partial charge is 0.459 e. The van der Waals surface area contributed by atoms with Crippen LogP contribution in [0.2, 0.25) is 0 Å². The van der Waals surface area contributed by atoms with Crippen molar-refractivity contribution in [1.82, 2.24) is 10.2 Å². The first-order valence-corrected chi connectivity index (χ1v) is 15.3. The van der Waals surface area contributed by atoms with Gasteiger partial charge in [0, 0.05) is 6.54 Å². The summed E-state index contributed by atoms with van der Waals surface area (Å²) in [7, 11) is 0. The van der Waals surface area contributed by atoms with E-state index in [2.05, 4.69) is 0 Å². The van der Waals surface area contributed by atoms with E-state index in [1.54, 1.807) is 47.8 Å². The van der Waals surface area contributed by atoms with Crippen LogP contribution in [0.5, 0.6) is 0 Å². The highest BCUT2D eigenvalue weighted by Gasteiger charge is 2.54. The van der Waals surface area contributed by atoms with Gasteiger partial charge in [-0.2, -0.15) is 13.2 Å². The van der Waals surface area contributed by atoms with E-state index in [-0.39, 0.29) is 38.2 Å². The fourth-order valence-corrected chi connectivity index (χ4v) is 5.31. The normalized spacial score (nSPS) is 15.6. The highest BCUT2D eigenvalue weighted by Crippen LogP contribution is 2.32. The number of nitrogens with one attached hydrogen (secondary N) is 1. The number of carbonyl (C=O) groups is 5. The van der Waals surface area contributed by atoms with E-state index < -0.39 is 47.8 Å². The maximum Gasteiger partial charge on any atom is 0.471 e. The maximum absolute atomic E-state index is 13.5. The molecule has 3 amide bonds. The van der Waals surface area contributed by atoms with Gasteiger partial charge >= 0.3 is 24.0 Å². The summed E-state index contributed by atoms with van der Waals surface area (Å²) in [6.45, 7) is -0.507. The molecule has 0 radical (unpaired) electrons. The number of hydrogen-bond donors (Lipinski definition) is 1. The lowest BCUT2D eigenvalue weighted by atomic mass is 9.81. The fraction of sp³-hybridized carbons (Fsp3) is 0.216. The summed E-state index contributed by atoms with van der Waals surface area (Å²) < 4.78 is 48.2. The number of hydrogen-bond acceptors (Lipinski definition) is 7. The van der Waals surface area contributed by atoms with Crippen LogP contribution in [0.1, 0.15) is 38.2 Å². The quantitative estimate of drug-likeness (QED) is 0.164. The Morgan fingerprint density at radius 3 is 1.92 bits per heavy atom. The first-order valence-electron chi connectivity index (χ1n) is 15.3. The Hall–Kier alpha value is -5.78. The van der Waals surface area contributed by atoms with Crippen molar-refractivity contribution in [2.75, 3.05) is 0 Å². The van der Waals surface area contributed by atoms with Crippen molar-refractivity contribution in [2.24, 2.45) is 5.92 Å². The number of halogens is 3. The highest BCUT2D eigenvalue weighted by atomic mass is 19.4. The largest absolute Gasteiger partial charge is 0.471 e. The molecule has 0 aromatic heterocycles. The number of β-lactam (4-membered cyclic amide) rings is 1. The number of alkyl halides is 3. The molecular weight excluding hydrogens is 641 g/mol. The van der Waals surface area contributed by atoms with E-state index in [0.717, 1.165) is 16.0 Å². The van der Waals surface area contributed by atoms with Crippen molar-refractivity contribution in [1.29, 1.82) is 0 Å². The molecule has 0 aliphatic carbocycles. The van der Waals surface area contributed by atoms with Crippen LogP contribution in [0.25, 0.3) is 0 Å². The third-order valence-electron chi connectivity index (χ3n) is 7.87. The Morgan fingerprint density at radius 1 is 0.694 bits per heavy atom. The number of imide groups is 1. The van der Waals surface area contributed by atoms with Gasteiger partial charge in [0.05, 0.1) is 17.9 Å². The number of nitrogens with zero attached hydrogens (tertiary/aromatic N) is 1. The third-order valence-corrected chi connectivity index (χ3v) is 7.87. The summed E-state index contributed by atoms with van der Waals surface area (Å²) in [4.78, 5) is 64.8. The van der Waals surface area contributed by atoms with Gasteiger partial charge in [0.2, 0.25) is 11.8 Å². The summed E-state index contributed by atoms with van der Waals surface area (Å²) in [6.07, 6.45) is -5.06. The molecule has 49 heavy (non-hydrogen) atoms. The van der Waals surface area contributed by atoms with E-state index in [0.29, 0.717) is 16.7 Å².